The average molecular weight is 230 g/mol. The number of hydrogen-bond donors (Lipinski definition) is 0. The summed E-state index contributed by atoms with van der Waals surface area (Å²) in [5.74, 6) is 0. The molecule has 0 amide bonds. The molecule has 1 saturated heterocycles. The molecule has 1 radical (unpaired) electrons. The van der Waals surface area contributed by atoms with Gasteiger partial charge in [0.05, 0.1) is 9.72 Å². The summed E-state index contributed by atoms with van der Waals surface area (Å²) in [4.78, 5) is 4.82. The zero-order valence-electron chi connectivity index (χ0n) is 8.29. The van der Waals surface area contributed by atoms with Gasteiger partial charge in [-0.3, -0.25) is 4.90 Å². The molecular weight excluding hydrogens is 216 g/mol. The topological polar surface area (TPSA) is 6.48 Å². The van der Waals surface area contributed by atoms with Crippen LogP contribution in [0.2, 0.25) is 4.34 Å². The van der Waals surface area contributed by atoms with Crippen LogP contribution >= 0.6 is 22.9 Å². The minimum Gasteiger partial charge on any atom is -0.304 e. The van der Waals surface area contributed by atoms with E-state index in [0.29, 0.717) is 0 Å². The van der Waals surface area contributed by atoms with E-state index < -0.39 is 0 Å². The fourth-order valence-corrected chi connectivity index (χ4v) is 2.44. The number of hydrogen-bond acceptors (Lipinski definition) is 3. The van der Waals surface area contributed by atoms with Crippen molar-refractivity contribution in [3.8, 4) is 0 Å². The van der Waals surface area contributed by atoms with Crippen LogP contribution in [-0.4, -0.2) is 43.0 Å². The van der Waals surface area contributed by atoms with Gasteiger partial charge in [-0.15, -0.1) is 11.3 Å². The van der Waals surface area contributed by atoms with Crippen molar-refractivity contribution >= 4 is 22.9 Å². The maximum atomic E-state index is 5.86. The highest BCUT2D eigenvalue weighted by Crippen LogP contribution is 2.20. The van der Waals surface area contributed by atoms with E-state index in [9.17, 15) is 0 Å². The van der Waals surface area contributed by atoms with E-state index in [0.717, 1.165) is 37.1 Å². The van der Waals surface area contributed by atoms with Crippen LogP contribution in [0.5, 0.6) is 0 Å². The SMILES string of the molecule is CN1CCN(Cc2[c]sc(Cl)c2)CC1. The maximum Gasteiger partial charge on any atom is 0.0938 e. The first-order chi connectivity index (χ1) is 6.74. The van der Waals surface area contributed by atoms with Crippen molar-refractivity contribution in [2.24, 2.45) is 0 Å². The Morgan fingerprint density at radius 1 is 1.43 bits per heavy atom. The molecule has 14 heavy (non-hydrogen) atoms. The molecular formula is C10H14ClN2S. The lowest BCUT2D eigenvalue weighted by Gasteiger charge is -2.31. The number of thiophene rings is 1. The van der Waals surface area contributed by atoms with Gasteiger partial charge in [-0.2, -0.15) is 0 Å². The molecule has 0 aromatic carbocycles. The van der Waals surface area contributed by atoms with Crippen molar-refractivity contribution in [3.63, 3.8) is 0 Å². The minimum absolute atomic E-state index is 0.842. The molecule has 1 aliphatic heterocycles. The van der Waals surface area contributed by atoms with E-state index >= 15 is 0 Å². The number of likely N-dealkylation sites (N-methyl/N-ethyl adjacent to an activating group) is 1. The predicted octanol–water partition coefficient (Wildman–Crippen LogP) is 1.95. The van der Waals surface area contributed by atoms with Gasteiger partial charge in [-0.05, 0) is 18.7 Å². The molecule has 1 aromatic heterocycles. The van der Waals surface area contributed by atoms with E-state index in [1.165, 1.54) is 16.9 Å². The van der Waals surface area contributed by atoms with Gasteiger partial charge in [0.1, 0.15) is 0 Å². The Morgan fingerprint density at radius 3 is 2.71 bits per heavy atom. The lowest BCUT2D eigenvalue weighted by Crippen LogP contribution is -2.43. The third kappa shape index (κ3) is 2.70. The number of nitrogens with zero attached hydrogens (tertiary/aromatic N) is 2. The molecule has 0 aliphatic carbocycles. The molecule has 0 spiro atoms. The highest BCUT2D eigenvalue weighted by atomic mass is 35.5. The summed E-state index contributed by atoms with van der Waals surface area (Å²) in [6.45, 7) is 5.63. The van der Waals surface area contributed by atoms with Gasteiger partial charge < -0.3 is 4.90 Å². The van der Waals surface area contributed by atoms with Gasteiger partial charge in [0, 0.05) is 32.7 Å². The molecule has 0 atom stereocenters. The van der Waals surface area contributed by atoms with Gasteiger partial charge in [-0.1, -0.05) is 11.6 Å². The van der Waals surface area contributed by atoms with Crippen LogP contribution in [0.1, 0.15) is 5.56 Å². The summed E-state index contributed by atoms with van der Waals surface area (Å²) >= 11 is 7.36. The lowest BCUT2D eigenvalue weighted by molar-refractivity contribution is 0.148. The highest BCUT2D eigenvalue weighted by Gasteiger charge is 2.14. The van der Waals surface area contributed by atoms with Crippen molar-refractivity contribution in [1.82, 2.24) is 9.80 Å². The fraction of sp³-hybridized carbons (Fsp3) is 0.600. The Morgan fingerprint density at radius 2 is 2.14 bits per heavy atom. The van der Waals surface area contributed by atoms with Crippen LogP contribution in [-0.2, 0) is 6.54 Å². The number of rotatable bonds is 2. The van der Waals surface area contributed by atoms with Crippen LogP contribution < -0.4 is 0 Å². The third-order valence-corrected chi connectivity index (χ3v) is 3.57. The molecule has 0 N–H and O–H groups in total. The zero-order valence-corrected chi connectivity index (χ0v) is 9.87. The molecule has 1 aliphatic rings. The fourth-order valence-electron chi connectivity index (χ4n) is 1.64. The summed E-state index contributed by atoms with van der Waals surface area (Å²) < 4.78 is 0.842. The van der Waals surface area contributed by atoms with Crippen LogP contribution in [0, 0.1) is 5.38 Å². The zero-order chi connectivity index (χ0) is 9.97. The minimum atomic E-state index is 0.842. The molecule has 2 nitrogen and oxygen atoms in total. The van der Waals surface area contributed by atoms with Gasteiger partial charge in [0.2, 0.25) is 0 Å². The summed E-state index contributed by atoms with van der Waals surface area (Å²) in [5, 5.41) is 3.22. The van der Waals surface area contributed by atoms with E-state index in [2.05, 4.69) is 22.2 Å². The van der Waals surface area contributed by atoms with Crippen molar-refractivity contribution in [1.29, 1.82) is 0 Å². The second-order valence-corrected chi connectivity index (χ2v) is 5.24. The van der Waals surface area contributed by atoms with Crippen molar-refractivity contribution in [3.05, 3.63) is 21.3 Å². The molecule has 0 saturated carbocycles. The Labute approximate surface area is 94.1 Å². The Kier molecular flexibility index (Phi) is 3.44. The van der Waals surface area contributed by atoms with Crippen molar-refractivity contribution in [2.75, 3.05) is 33.2 Å². The quantitative estimate of drug-likeness (QED) is 0.765. The largest absolute Gasteiger partial charge is 0.304 e. The van der Waals surface area contributed by atoms with Crippen LogP contribution in [0.4, 0.5) is 0 Å². The lowest BCUT2D eigenvalue weighted by atomic mass is 10.2. The smallest absolute Gasteiger partial charge is 0.0938 e. The van der Waals surface area contributed by atoms with Crippen molar-refractivity contribution < 1.29 is 0 Å². The molecule has 1 fully saturated rings. The van der Waals surface area contributed by atoms with E-state index in [1.807, 2.05) is 6.07 Å². The second kappa shape index (κ2) is 4.62. The predicted molar refractivity (Wildman–Crippen MR) is 60.9 cm³/mol. The standard InChI is InChI=1S/C10H14ClN2S/c1-12-2-4-13(5-3-12)7-9-6-10(11)14-8-9/h6H,2-5,7H2,1H3. The number of halogens is 1. The molecule has 4 heteroatoms. The molecule has 2 heterocycles. The highest BCUT2D eigenvalue weighted by molar-refractivity contribution is 7.14. The summed E-state index contributed by atoms with van der Waals surface area (Å²) in [5.41, 5.74) is 1.23. The van der Waals surface area contributed by atoms with Gasteiger partial charge >= 0.3 is 0 Å². The normalized spacial score (nSPS) is 20.1. The number of piperazine rings is 1. The average Bonchev–Trinajstić information content (AvgIpc) is 2.56. The molecule has 0 unspecified atom stereocenters. The Hall–Kier alpha value is -0.0900. The van der Waals surface area contributed by atoms with Gasteiger partial charge in [0.25, 0.3) is 0 Å². The van der Waals surface area contributed by atoms with Gasteiger partial charge in [0.15, 0.2) is 0 Å². The molecule has 77 valence electrons. The van der Waals surface area contributed by atoms with Gasteiger partial charge in [-0.25, -0.2) is 0 Å². The van der Waals surface area contributed by atoms with Crippen molar-refractivity contribution in [2.45, 2.75) is 6.54 Å². The first kappa shape index (κ1) is 10.4. The van der Waals surface area contributed by atoms with E-state index in [-0.39, 0.29) is 0 Å². The molecule has 2 rings (SSSR count). The first-order valence-corrected chi connectivity index (χ1v) is 6.00. The summed E-state index contributed by atoms with van der Waals surface area (Å²) in [6, 6.07) is 2.02. The summed E-state index contributed by atoms with van der Waals surface area (Å²) in [6.07, 6.45) is 0. The molecule has 0 bridgehead atoms. The monoisotopic (exact) mass is 229 g/mol. The van der Waals surface area contributed by atoms with E-state index in [1.54, 1.807) is 0 Å². The van der Waals surface area contributed by atoms with Crippen LogP contribution in [0.15, 0.2) is 6.07 Å². The Balaban J connectivity index is 1.86. The Bertz CT molecular complexity index is 292. The first-order valence-electron chi connectivity index (χ1n) is 4.81. The van der Waals surface area contributed by atoms with E-state index in [4.69, 9.17) is 11.6 Å². The van der Waals surface area contributed by atoms with Crippen LogP contribution in [0.3, 0.4) is 0 Å². The summed E-state index contributed by atoms with van der Waals surface area (Å²) in [7, 11) is 2.17. The van der Waals surface area contributed by atoms with Crippen LogP contribution in [0.25, 0.3) is 0 Å². The maximum absolute atomic E-state index is 5.86. The molecule has 1 aromatic rings. The third-order valence-electron chi connectivity index (χ3n) is 2.56. The second-order valence-electron chi connectivity index (χ2n) is 3.76.